The van der Waals surface area contributed by atoms with Gasteiger partial charge in [0.1, 0.15) is 5.75 Å². The van der Waals surface area contributed by atoms with Crippen LogP contribution in [0.25, 0.3) is 0 Å². The van der Waals surface area contributed by atoms with Crippen LogP contribution >= 0.6 is 0 Å². The highest BCUT2D eigenvalue weighted by atomic mass is 16.5. The molecule has 0 saturated carbocycles. The van der Waals surface area contributed by atoms with Crippen LogP contribution in [0.3, 0.4) is 0 Å². The van der Waals surface area contributed by atoms with Crippen molar-refractivity contribution in [3.05, 3.63) is 78.4 Å². The van der Waals surface area contributed by atoms with Crippen LogP contribution in [0.2, 0.25) is 0 Å². The molecular formula is C19H20O2. The third-order valence-electron chi connectivity index (χ3n) is 3.33. The predicted molar refractivity (Wildman–Crippen MR) is 85.8 cm³/mol. The van der Waals surface area contributed by atoms with E-state index in [1.165, 1.54) is 0 Å². The smallest absolute Gasteiger partial charge is 0.203 e. The Morgan fingerprint density at radius 3 is 2.48 bits per heavy atom. The fraction of sp³-hybridized carbons (Fsp3) is 0.211. The number of carbonyl (C=O) groups excluding carboxylic acids is 1. The summed E-state index contributed by atoms with van der Waals surface area (Å²) in [6.45, 7) is 5.72. The van der Waals surface area contributed by atoms with Crippen LogP contribution in [0, 0.1) is 0 Å². The Morgan fingerprint density at radius 1 is 1.14 bits per heavy atom. The van der Waals surface area contributed by atoms with Gasteiger partial charge in [-0.15, -0.1) is 6.58 Å². The summed E-state index contributed by atoms with van der Waals surface area (Å²) in [6.07, 6.45) is 2.74. The maximum Gasteiger partial charge on any atom is 0.203 e. The Hall–Kier alpha value is -2.35. The van der Waals surface area contributed by atoms with Crippen molar-refractivity contribution >= 4 is 5.78 Å². The first-order valence-corrected chi connectivity index (χ1v) is 7.21. The van der Waals surface area contributed by atoms with Gasteiger partial charge in [0.05, 0.1) is 0 Å². The Kier molecular flexibility index (Phi) is 5.33. The predicted octanol–water partition coefficient (Wildman–Crippen LogP) is 4.46. The molecule has 0 bridgehead atoms. The zero-order valence-electron chi connectivity index (χ0n) is 12.3. The number of Topliss-reactive ketones (excluding diaryl/α,β-unsaturated/α-hetero) is 1. The molecule has 2 nitrogen and oxygen atoms in total. The zero-order chi connectivity index (χ0) is 15.1. The lowest BCUT2D eigenvalue weighted by Gasteiger charge is -2.18. The average molecular weight is 280 g/mol. The number of ketones is 1. The van der Waals surface area contributed by atoms with Crippen molar-refractivity contribution in [3.63, 3.8) is 0 Å². The first-order valence-electron chi connectivity index (χ1n) is 7.21. The molecule has 0 aliphatic heterocycles. The summed E-state index contributed by atoms with van der Waals surface area (Å²) in [4.78, 5) is 12.5. The minimum Gasteiger partial charge on any atom is -0.482 e. The molecule has 0 amide bonds. The molecule has 21 heavy (non-hydrogen) atoms. The van der Waals surface area contributed by atoms with Crippen molar-refractivity contribution < 1.29 is 9.53 Å². The van der Waals surface area contributed by atoms with E-state index in [-0.39, 0.29) is 5.78 Å². The van der Waals surface area contributed by atoms with Gasteiger partial charge in [-0.25, -0.2) is 0 Å². The molecule has 2 heteroatoms. The summed E-state index contributed by atoms with van der Waals surface area (Å²) in [5, 5.41) is 0. The maximum absolute atomic E-state index is 12.5. The molecule has 0 aliphatic carbocycles. The average Bonchev–Trinajstić information content (AvgIpc) is 2.54. The third kappa shape index (κ3) is 3.82. The Bertz CT molecular complexity index is 602. The number of hydrogen-bond donors (Lipinski definition) is 0. The molecule has 1 atom stereocenters. The van der Waals surface area contributed by atoms with Crippen molar-refractivity contribution in [3.8, 4) is 5.75 Å². The molecule has 0 aliphatic rings. The van der Waals surface area contributed by atoms with Crippen LogP contribution in [-0.4, -0.2) is 11.9 Å². The second-order valence-corrected chi connectivity index (χ2v) is 4.85. The van der Waals surface area contributed by atoms with Crippen LogP contribution < -0.4 is 4.74 Å². The van der Waals surface area contributed by atoms with Gasteiger partial charge >= 0.3 is 0 Å². The second kappa shape index (κ2) is 7.44. The van der Waals surface area contributed by atoms with Gasteiger partial charge in [-0.1, -0.05) is 61.5 Å². The zero-order valence-corrected chi connectivity index (χ0v) is 12.3. The van der Waals surface area contributed by atoms with Crippen LogP contribution in [0.5, 0.6) is 5.75 Å². The molecule has 0 heterocycles. The highest BCUT2D eigenvalue weighted by Crippen LogP contribution is 2.22. The Morgan fingerprint density at radius 2 is 1.81 bits per heavy atom. The minimum atomic E-state index is -0.460. The number of hydrogen-bond acceptors (Lipinski definition) is 2. The minimum absolute atomic E-state index is 0.0199. The van der Waals surface area contributed by atoms with Crippen LogP contribution in [0.15, 0.2) is 67.3 Å². The van der Waals surface area contributed by atoms with Crippen LogP contribution in [-0.2, 0) is 6.42 Å². The SMILES string of the molecule is C=CCc1ccccc1OC(CC)C(=O)c1ccccc1. The van der Waals surface area contributed by atoms with Crippen molar-refractivity contribution in [2.75, 3.05) is 0 Å². The molecule has 0 saturated heterocycles. The van der Waals surface area contributed by atoms with E-state index in [2.05, 4.69) is 6.58 Å². The molecule has 2 aromatic carbocycles. The first kappa shape index (κ1) is 15.0. The maximum atomic E-state index is 12.5. The highest BCUT2D eigenvalue weighted by Gasteiger charge is 2.20. The normalized spacial score (nSPS) is 11.7. The number of allylic oxidation sites excluding steroid dienone is 1. The molecule has 108 valence electrons. The van der Waals surface area contributed by atoms with Gasteiger partial charge in [0, 0.05) is 5.56 Å². The van der Waals surface area contributed by atoms with Gasteiger partial charge in [-0.05, 0) is 24.5 Å². The topological polar surface area (TPSA) is 26.3 Å². The standard InChI is InChI=1S/C19H20O2/c1-3-10-15-11-8-9-14-18(15)21-17(4-2)19(20)16-12-6-5-7-13-16/h3,5-9,11-14,17H,1,4,10H2,2H3. The van der Waals surface area contributed by atoms with E-state index in [9.17, 15) is 4.79 Å². The van der Waals surface area contributed by atoms with E-state index in [0.717, 1.165) is 17.7 Å². The number of carbonyl (C=O) groups is 1. The monoisotopic (exact) mass is 280 g/mol. The van der Waals surface area contributed by atoms with E-state index >= 15 is 0 Å². The summed E-state index contributed by atoms with van der Waals surface area (Å²) >= 11 is 0. The lowest BCUT2D eigenvalue weighted by molar-refractivity contribution is 0.0785. The summed E-state index contributed by atoms with van der Waals surface area (Å²) in [5.74, 6) is 0.778. The molecule has 2 aromatic rings. The molecule has 0 fully saturated rings. The van der Waals surface area contributed by atoms with E-state index in [1.807, 2.05) is 67.6 Å². The van der Waals surface area contributed by atoms with Crippen molar-refractivity contribution in [1.29, 1.82) is 0 Å². The van der Waals surface area contributed by atoms with E-state index in [0.29, 0.717) is 12.0 Å². The van der Waals surface area contributed by atoms with Gasteiger partial charge in [0.25, 0.3) is 0 Å². The van der Waals surface area contributed by atoms with Gasteiger partial charge < -0.3 is 4.74 Å². The summed E-state index contributed by atoms with van der Waals surface area (Å²) in [7, 11) is 0. The van der Waals surface area contributed by atoms with Crippen LogP contribution in [0.1, 0.15) is 29.3 Å². The largest absolute Gasteiger partial charge is 0.482 e. The quantitative estimate of drug-likeness (QED) is 0.553. The number of ether oxygens (including phenoxy) is 1. The van der Waals surface area contributed by atoms with Gasteiger partial charge in [-0.3, -0.25) is 4.79 Å². The van der Waals surface area contributed by atoms with E-state index in [4.69, 9.17) is 4.74 Å². The second-order valence-electron chi connectivity index (χ2n) is 4.85. The summed E-state index contributed by atoms with van der Waals surface area (Å²) in [5.41, 5.74) is 1.73. The summed E-state index contributed by atoms with van der Waals surface area (Å²) < 4.78 is 5.97. The Labute approximate surface area is 126 Å². The molecule has 0 spiro atoms. The fourth-order valence-electron chi connectivity index (χ4n) is 2.21. The highest BCUT2D eigenvalue weighted by molar-refractivity contribution is 5.99. The molecular weight excluding hydrogens is 260 g/mol. The summed E-state index contributed by atoms with van der Waals surface area (Å²) in [6, 6.07) is 17.1. The first-order chi connectivity index (χ1) is 10.3. The molecule has 1 unspecified atom stereocenters. The molecule has 0 N–H and O–H groups in total. The van der Waals surface area contributed by atoms with E-state index in [1.54, 1.807) is 0 Å². The Balaban J connectivity index is 2.20. The number of benzene rings is 2. The molecule has 0 radical (unpaired) electrons. The number of para-hydroxylation sites is 1. The lowest BCUT2D eigenvalue weighted by atomic mass is 10.0. The van der Waals surface area contributed by atoms with Gasteiger partial charge in [0.15, 0.2) is 6.10 Å². The fourth-order valence-corrected chi connectivity index (χ4v) is 2.21. The molecule has 2 rings (SSSR count). The van der Waals surface area contributed by atoms with Crippen molar-refractivity contribution in [1.82, 2.24) is 0 Å². The van der Waals surface area contributed by atoms with Crippen LogP contribution in [0.4, 0.5) is 0 Å². The molecule has 0 aromatic heterocycles. The van der Waals surface area contributed by atoms with Crippen molar-refractivity contribution in [2.45, 2.75) is 25.9 Å². The van der Waals surface area contributed by atoms with E-state index < -0.39 is 6.10 Å². The van der Waals surface area contributed by atoms with Crippen molar-refractivity contribution in [2.24, 2.45) is 0 Å². The third-order valence-corrected chi connectivity index (χ3v) is 3.33. The number of rotatable bonds is 7. The lowest BCUT2D eigenvalue weighted by Crippen LogP contribution is -2.27. The van der Waals surface area contributed by atoms with Gasteiger partial charge in [0.2, 0.25) is 5.78 Å². The van der Waals surface area contributed by atoms with Gasteiger partial charge in [-0.2, -0.15) is 0 Å².